The van der Waals surface area contributed by atoms with Gasteiger partial charge in [0.15, 0.2) is 6.61 Å². The highest BCUT2D eigenvalue weighted by molar-refractivity contribution is 6.30. The minimum atomic E-state index is -0.377. The fraction of sp³-hybridized carbons (Fsp3) is 0.304. The number of hydrogen-bond donors (Lipinski definition) is 1. The number of nitrogens with zero attached hydrogens (tertiary/aromatic N) is 3. The Hall–Kier alpha value is -3.39. The van der Waals surface area contributed by atoms with Crippen LogP contribution in [-0.2, 0) is 20.9 Å². The van der Waals surface area contributed by atoms with Gasteiger partial charge in [-0.15, -0.1) is 0 Å². The van der Waals surface area contributed by atoms with Gasteiger partial charge in [0.1, 0.15) is 11.5 Å². The average molecular weight is 455 g/mol. The number of rotatable bonds is 7. The number of carbonyl (C=O) groups excluding carboxylic acids is 2. The first-order valence-corrected chi connectivity index (χ1v) is 10.8. The molecule has 0 saturated carbocycles. The molecule has 0 atom stereocenters. The Bertz CT molecular complexity index is 1050. The summed E-state index contributed by atoms with van der Waals surface area (Å²) >= 11 is 5.90. The molecule has 0 radical (unpaired) electrons. The lowest BCUT2D eigenvalue weighted by Gasteiger charge is -2.30. The summed E-state index contributed by atoms with van der Waals surface area (Å²) in [4.78, 5) is 34.9. The number of carbonyl (C=O) groups is 2. The molecule has 1 aromatic carbocycles. The highest BCUT2D eigenvalue weighted by Crippen LogP contribution is 2.24. The maximum absolute atomic E-state index is 12.3. The molecule has 0 unspecified atom stereocenters. The van der Waals surface area contributed by atoms with Crippen LogP contribution in [-0.4, -0.2) is 41.5 Å². The molecule has 1 fully saturated rings. The van der Waals surface area contributed by atoms with Crippen molar-refractivity contribution in [3.05, 3.63) is 65.6 Å². The Morgan fingerprint density at radius 2 is 1.81 bits per heavy atom. The van der Waals surface area contributed by atoms with Crippen LogP contribution in [0.5, 0.6) is 0 Å². The predicted octanol–water partition coefficient (Wildman–Crippen LogP) is 3.47. The normalized spacial score (nSPS) is 14.2. The molecule has 4 rings (SSSR count). The first-order valence-electron chi connectivity index (χ1n) is 10.4. The van der Waals surface area contributed by atoms with E-state index in [0.717, 1.165) is 5.56 Å². The van der Waals surface area contributed by atoms with Crippen LogP contribution in [0.4, 0.5) is 5.95 Å². The zero-order valence-corrected chi connectivity index (χ0v) is 18.1. The van der Waals surface area contributed by atoms with Crippen molar-refractivity contribution < 1.29 is 18.7 Å². The van der Waals surface area contributed by atoms with Crippen molar-refractivity contribution in [3.8, 4) is 11.3 Å². The van der Waals surface area contributed by atoms with E-state index in [1.165, 1.54) is 0 Å². The smallest absolute Gasteiger partial charge is 0.309 e. The van der Waals surface area contributed by atoms with Gasteiger partial charge in [-0.05, 0) is 55.3 Å². The minimum Gasteiger partial charge on any atom is -0.459 e. The van der Waals surface area contributed by atoms with Crippen LogP contribution in [0, 0.1) is 5.92 Å². The monoisotopic (exact) mass is 454 g/mol. The molecule has 0 spiro atoms. The summed E-state index contributed by atoms with van der Waals surface area (Å²) in [5.41, 5.74) is 0.894. The van der Waals surface area contributed by atoms with Crippen molar-refractivity contribution in [3.63, 3.8) is 0 Å². The van der Waals surface area contributed by atoms with Crippen molar-refractivity contribution >= 4 is 29.4 Å². The van der Waals surface area contributed by atoms with E-state index < -0.39 is 0 Å². The van der Waals surface area contributed by atoms with Crippen LogP contribution in [0.1, 0.15) is 18.6 Å². The number of piperidine rings is 1. The summed E-state index contributed by atoms with van der Waals surface area (Å²) in [5, 5.41) is 3.35. The lowest BCUT2D eigenvalue weighted by atomic mass is 9.97. The van der Waals surface area contributed by atoms with Gasteiger partial charge in [0, 0.05) is 36.1 Å². The van der Waals surface area contributed by atoms with Crippen LogP contribution < -0.4 is 10.2 Å². The first kappa shape index (κ1) is 21.8. The molecule has 1 saturated heterocycles. The van der Waals surface area contributed by atoms with E-state index in [1.54, 1.807) is 36.7 Å². The van der Waals surface area contributed by atoms with Gasteiger partial charge in [-0.25, -0.2) is 9.97 Å². The predicted molar refractivity (Wildman–Crippen MR) is 119 cm³/mol. The van der Waals surface area contributed by atoms with Crippen molar-refractivity contribution in [1.29, 1.82) is 0 Å². The standard InChI is InChI=1S/C23H23ClN4O4/c24-18-4-2-16(3-5-18)20-7-6-19(32-20)14-27-21(29)15-31-22(30)17-8-12-28(13-9-17)23-25-10-1-11-26-23/h1-7,10-11,17H,8-9,12-15H2,(H,27,29). The molecule has 9 heteroatoms. The molecule has 1 aliphatic heterocycles. The molecule has 32 heavy (non-hydrogen) atoms. The van der Waals surface area contributed by atoms with E-state index in [4.69, 9.17) is 20.8 Å². The molecule has 166 valence electrons. The molecular weight excluding hydrogens is 432 g/mol. The van der Waals surface area contributed by atoms with Gasteiger partial charge in [-0.2, -0.15) is 0 Å². The van der Waals surface area contributed by atoms with Crippen molar-refractivity contribution in [2.24, 2.45) is 5.92 Å². The zero-order valence-electron chi connectivity index (χ0n) is 17.4. The summed E-state index contributed by atoms with van der Waals surface area (Å²) in [6.45, 7) is 1.24. The van der Waals surface area contributed by atoms with Gasteiger partial charge in [0.05, 0.1) is 12.5 Å². The SMILES string of the molecule is O=C(COC(=O)C1CCN(c2ncccn2)CC1)NCc1ccc(-c2ccc(Cl)cc2)o1. The van der Waals surface area contributed by atoms with Crippen molar-refractivity contribution in [1.82, 2.24) is 15.3 Å². The van der Waals surface area contributed by atoms with Crippen molar-refractivity contribution in [2.75, 3.05) is 24.6 Å². The lowest BCUT2D eigenvalue weighted by molar-refractivity contribution is -0.153. The Balaban J connectivity index is 1.18. The second-order valence-electron chi connectivity index (χ2n) is 7.47. The van der Waals surface area contributed by atoms with Gasteiger partial charge in [0.25, 0.3) is 5.91 Å². The number of anilines is 1. The van der Waals surface area contributed by atoms with Crippen LogP contribution >= 0.6 is 11.6 Å². The number of aromatic nitrogens is 2. The third-order valence-electron chi connectivity index (χ3n) is 5.26. The van der Waals surface area contributed by atoms with Crippen molar-refractivity contribution in [2.45, 2.75) is 19.4 Å². The number of benzene rings is 1. The molecule has 0 aliphatic carbocycles. The Morgan fingerprint density at radius 3 is 2.53 bits per heavy atom. The third kappa shape index (κ3) is 5.64. The summed E-state index contributed by atoms with van der Waals surface area (Å²) in [7, 11) is 0. The summed E-state index contributed by atoms with van der Waals surface area (Å²) < 4.78 is 11.0. The zero-order chi connectivity index (χ0) is 22.3. The van der Waals surface area contributed by atoms with Gasteiger partial charge in [-0.1, -0.05) is 11.6 Å². The van der Waals surface area contributed by atoms with Crippen LogP contribution in [0.3, 0.4) is 0 Å². The summed E-state index contributed by atoms with van der Waals surface area (Å²) in [5.74, 6) is 0.995. The van der Waals surface area contributed by atoms with Crippen LogP contribution in [0.2, 0.25) is 5.02 Å². The number of esters is 1. The van der Waals surface area contributed by atoms with Gasteiger partial charge < -0.3 is 19.4 Å². The third-order valence-corrected chi connectivity index (χ3v) is 5.51. The summed E-state index contributed by atoms with van der Waals surface area (Å²) in [6.07, 6.45) is 4.67. The Kier molecular flexibility index (Phi) is 7.01. The number of nitrogens with one attached hydrogen (secondary N) is 1. The molecule has 0 bridgehead atoms. The Labute approximate surface area is 190 Å². The molecule has 1 aliphatic rings. The molecule has 2 aromatic heterocycles. The first-order chi connectivity index (χ1) is 15.6. The van der Waals surface area contributed by atoms with Gasteiger partial charge >= 0.3 is 5.97 Å². The van der Waals surface area contributed by atoms with Gasteiger partial charge in [-0.3, -0.25) is 9.59 Å². The number of ether oxygens (including phenoxy) is 1. The quantitative estimate of drug-likeness (QED) is 0.546. The molecule has 3 aromatic rings. The molecule has 8 nitrogen and oxygen atoms in total. The highest BCUT2D eigenvalue weighted by Gasteiger charge is 2.27. The molecule has 1 N–H and O–H groups in total. The summed E-state index contributed by atoms with van der Waals surface area (Å²) in [6, 6.07) is 12.7. The number of halogens is 1. The maximum atomic E-state index is 12.3. The fourth-order valence-corrected chi connectivity index (χ4v) is 3.63. The second-order valence-corrected chi connectivity index (χ2v) is 7.90. The highest BCUT2D eigenvalue weighted by atomic mass is 35.5. The van der Waals surface area contributed by atoms with Crippen LogP contribution in [0.25, 0.3) is 11.3 Å². The second kappa shape index (κ2) is 10.3. The number of furan rings is 1. The minimum absolute atomic E-state index is 0.208. The molecular formula is C23H23ClN4O4. The molecule has 3 heterocycles. The largest absolute Gasteiger partial charge is 0.459 e. The van der Waals surface area contributed by atoms with E-state index in [-0.39, 0.29) is 30.9 Å². The maximum Gasteiger partial charge on any atom is 0.309 e. The van der Waals surface area contributed by atoms with E-state index in [0.29, 0.717) is 48.4 Å². The van der Waals surface area contributed by atoms with E-state index in [9.17, 15) is 9.59 Å². The number of hydrogen-bond acceptors (Lipinski definition) is 7. The Morgan fingerprint density at radius 1 is 1.09 bits per heavy atom. The number of amides is 1. The topological polar surface area (TPSA) is 97.6 Å². The van der Waals surface area contributed by atoms with Gasteiger partial charge in [0.2, 0.25) is 5.95 Å². The van der Waals surface area contributed by atoms with E-state index in [1.807, 2.05) is 23.1 Å². The average Bonchev–Trinajstić information content (AvgIpc) is 3.31. The van der Waals surface area contributed by atoms with E-state index >= 15 is 0 Å². The lowest BCUT2D eigenvalue weighted by Crippen LogP contribution is -2.38. The van der Waals surface area contributed by atoms with Crippen LogP contribution in [0.15, 0.2) is 59.3 Å². The fourth-order valence-electron chi connectivity index (χ4n) is 3.50. The van der Waals surface area contributed by atoms with E-state index in [2.05, 4.69) is 15.3 Å². The molecule has 1 amide bonds.